The molecule has 0 unspecified atom stereocenters. The molecule has 1 aromatic heterocycles. The van der Waals surface area contributed by atoms with E-state index in [2.05, 4.69) is 11.6 Å². The van der Waals surface area contributed by atoms with Gasteiger partial charge >= 0.3 is 0 Å². The molecule has 1 heterocycles. The summed E-state index contributed by atoms with van der Waals surface area (Å²) in [5, 5.41) is 0. The van der Waals surface area contributed by atoms with E-state index in [-0.39, 0.29) is 17.0 Å². The molecule has 0 spiro atoms. The van der Waals surface area contributed by atoms with Gasteiger partial charge in [0.1, 0.15) is 0 Å². The lowest BCUT2D eigenvalue weighted by Crippen LogP contribution is -2.10. The Morgan fingerprint density at radius 1 is 0.923 bits per heavy atom. The molecule has 0 atom stereocenters. The highest BCUT2D eigenvalue weighted by atomic mass is 19.3. The first kappa shape index (κ1) is 17.7. The number of hydrogen-bond donors (Lipinski definition) is 0. The van der Waals surface area contributed by atoms with Crippen molar-refractivity contribution in [2.45, 2.75) is 12.8 Å². The zero-order valence-electron chi connectivity index (χ0n) is 14.2. The first-order valence-electron chi connectivity index (χ1n) is 8.10. The maximum Gasteiger partial charge on any atom is 0.272 e. The fourth-order valence-electron chi connectivity index (χ4n) is 2.71. The van der Waals surface area contributed by atoms with Crippen molar-refractivity contribution in [2.24, 2.45) is 0 Å². The number of carbonyl (C=O) groups excluding carboxylic acids is 1. The Balaban J connectivity index is 1.91. The molecule has 0 radical (unpaired) electrons. The number of nitrogens with zero attached hydrogens (tertiary/aromatic N) is 1. The molecule has 0 aliphatic rings. The van der Waals surface area contributed by atoms with Gasteiger partial charge < -0.3 is 0 Å². The molecule has 0 bridgehead atoms. The van der Waals surface area contributed by atoms with Crippen LogP contribution in [0.4, 0.5) is 8.78 Å². The molecule has 2 aromatic carbocycles. The predicted molar refractivity (Wildman–Crippen MR) is 99.0 cm³/mol. The Morgan fingerprint density at radius 3 is 2.19 bits per heavy atom. The molecule has 130 valence electrons. The summed E-state index contributed by atoms with van der Waals surface area (Å²) in [7, 11) is 0. The van der Waals surface area contributed by atoms with Crippen molar-refractivity contribution >= 4 is 11.4 Å². The van der Waals surface area contributed by atoms with E-state index in [4.69, 9.17) is 0 Å². The van der Waals surface area contributed by atoms with Crippen molar-refractivity contribution in [3.05, 3.63) is 96.2 Å². The van der Waals surface area contributed by atoms with Crippen molar-refractivity contribution in [1.82, 2.24) is 4.98 Å². The molecular weight excluding hydrogens is 332 g/mol. The zero-order chi connectivity index (χ0) is 18.7. The number of aromatic nitrogens is 1. The van der Waals surface area contributed by atoms with Crippen LogP contribution in [0.1, 0.15) is 28.4 Å². The molecule has 3 aromatic rings. The molecule has 0 N–H and O–H groups in total. The summed E-state index contributed by atoms with van der Waals surface area (Å²) in [5.41, 5.74) is 2.18. The summed E-state index contributed by atoms with van der Waals surface area (Å²) in [4.78, 5) is 16.7. The molecular formula is C22H17F2NO. The van der Waals surface area contributed by atoms with Crippen molar-refractivity contribution in [3.8, 4) is 11.3 Å². The molecule has 0 aliphatic carbocycles. The van der Waals surface area contributed by atoms with Crippen LogP contribution in [-0.4, -0.2) is 10.8 Å². The maximum absolute atomic E-state index is 13.8. The minimum absolute atomic E-state index is 0.146. The minimum Gasteiger partial charge on any atom is -0.289 e. The maximum atomic E-state index is 13.8. The van der Waals surface area contributed by atoms with Gasteiger partial charge in [-0.3, -0.25) is 9.78 Å². The molecule has 4 heteroatoms. The highest BCUT2D eigenvalue weighted by Crippen LogP contribution is 2.34. The van der Waals surface area contributed by atoms with Crippen molar-refractivity contribution < 1.29 is 13.6 Å². The van der Waals surface area contributed by atoms with Gasteiger partial charge in [0.15, 0.2) is 5.78 Å². The monoisotopic (exact) mass is 349 g/mol. The van der Waals surface area contributed by atoms with Crippen LogP contribution in [0, 0.1) is 0 Å². The van der Waals surface area contributed by atoms with Crippen LogP contribution in [0.5, 0.6) is 0 Å². The summed E-state index contributed by atoms with van der Waals surface area (Å²) in [6, 6.07) is 18.5. The highest BCUT2D eigenvalue weighted by molar-refractivity contribution is 6.28. The van der Waals surface area contributed by atoms with E-state index in [0.717, 1.165) is 12.5 Å². The topological polar surface area (TPSA) is 30.0 Å². The molecule has 26 heavy (non-hydrogen) atoms. The first-order chi connectivity index (χ1) is 12.4. The number of allylic oxidation sites excluding steroid dienone is 1. The molecule has 0 saturated heterocycles. The quantitative estimate of drug-likeness (QED) is 0.433. The molecule has 3 rings (SSSR count). The molecule has 0 amide bonds. The van der Waals surface area contributed by atoms with Crippen molar-refractivity contribution in [1.29, 1.82) is 0 Å². The number of halogens is 2. The van der Waals surface area contributed by atoms with Gasteiger partial charge in [0.25, 0.3) is 5.92 Å². The van der Waals surface area contributed by atoms with Crippen LogP contribution in [-0.2, 0) is 5.92 Å². The van der Waals surface area contributed by atoms with Crippen LogP contribution >= 0.6 is 0 Å². The lowest BCUT2D eigenvalue weighted by molar-refractivity contribution is 0.0178. The number of carbonyl (C=O) groups is 1. The summed E-state index contributed by atoms with van der Waals surface area (Å²) in [6.45, 7) is 4.71. The van der Waals surface area contributed by atoms with Crippen LogP contribution in [0.2, 0.25) is 0 Å². The SMILES string of the molecule is C=C(C(=O)c1ccc(-c2ncccc2C(C)(F)F)cc1)c1ccccc1. The Hall–Kier alpha value is -3.14. The van der Waals surface area contributed by atoms with Crippen LogP contribution in [0.3, 0.4) is 0 Å². The number of ketones is 1. The second-order valence-electron chi connectivity index (χ2n) is 6.04. The van der Waals surface area contributed by atoms with E-state index in [9.17, 15) is 13.6 Å². The van der Waals surface area contributed by atoms with E-state index in [1.165, 1.54) is 18.3 Å². The average Bonchev–Trinajstić information content (AvgIpc) is 2.67. The molecule has 0 fully saturated rings. The predicted octanol–water partition coefficient (Wildman–Crippen LogP) is 5.76. The lowest BCUT2D eigenvalue weighted by atomic mass is 9.96. The van der Waals surface area contributed by atoms with E-state index < -0.39 is 5.92 Å². The molecule has 2 nitrogen and oxygen atoms in total. The minimum atomic E-state index is -3.00. The van der Waals surface area contributed by atoms with E-state index >= 15 is 0 Å². The second kappa shape index (κ2) is 7.00. The van der Waals surface area contributed by atoms with Crippen LogP contribution < -0.4 is 0 Å². The van der Waals surface area contributed by atoms with Crippen molar-refractivity contribution in [2.75, 3.05) is 0 Å². The molecule has 0 saturated carbocycles. The standard InChI is InChI=1S/C22H17F2NO/c1-15(16-7-4-3-5-8-16)21(26)18-12-10-17(11-13-18)20-19(22(2,23)24)9-6-14-25-20/h3-14H,1H2,2H3. The third-order valence-electron chi connectivity index (χ3n) is 4.10. The normalized spacial score (nSPS) is 11.2. The summed E-state index contributed by atoms with van der Waals surface area (Å²) in [6.07, 6.45) is 1.47. The largest absolute Gasteiger partial charge is 0.289 e. The fraction of sp³-hybridized carbons (Fsp3) is 0.0909. The Morgan fingerprint density at radius 2 is 1.58 bits per heavy atom. The number of alkyl halides is 2. The van der Waals surface area contributed by atoms with Crippen LogP contribution in [0.25, 0.3) is 16.8 Å². The summed E-state index contributed by atoms with van der Waals surface area (Å²) >= 11 is 0. The Kier molecular flexibility index (Phi) is 4.76. The number of Topliss-reactive ketones (excluding diaryl/α,β-unsaturated/α-hetero) is 1. The highest BCUT2D eigenvalue weighted by Gasteiger charge is 2.28. The van der Waals surface area contributed by atoms with Gasteiger partial charge in [0.2, 0.25) is 0 Å². The lowest BCUT2D eigenvalue weighted by Gasteiger charge is -2.15. The van der Waals surface area contributed by atoms with Gasteiger partial charge in [-0.15, -0.1) is 0 Å². The Labute approximate surface area is 150 Å². The second-order valence-corrected chi connectivity index (χ2v) is 6.04. The number of rotatable bonds is 5. The third kappa shape index (κ3) is 3.59. The van der Waals surface area contributed by atoms with E-state index in [0.29, 0.717) is 16.7 Å². The van der Waals surface area contributed by atoms with Gasteiger partial charge in [0, 0.05) is 35.4 Å². The van der Waals surface area contributed by atoms with E-state index in [1.807, 2.05) is 30.3 Å². The fourth-order valence-corrected chi connectivity index (χ4v) is 2.71. The average molecular weight is 349 g/mol. The Bertz CT molecular complexity index is 942. The van der Waals surface area contributed by atoms with Gasteiger partial charge in [-0.05, 0) is 17.7 Å². The number of benzene rings is 2. The van der Waals surface area contributed by atoms with Gasteiger partial charge in [-0.1, -0.05) is 61.2 Å². The number of pyridine rings is 1. The molecule has 0 aliphatic heterocycles. The summed E-state index contributed by atoms with van der Waals surface area (Å²) < 4.78 is 27.6. The third-order valence-corrected chi connectivity index (χ3v) is 4.10. The van der Waals surface area contributed by atoms with Gasteiger partial charge in [-0.2, -0.15) is 0 Å². The van der Waals surface area contributed by atoms with E-state index in [1.54, 1.807) is 24.3 Å². The smallest absolute Gasteiger partial charge is 0.272 e. The van der Waals surface area contributed by atoms with Gasteiger partial charge in [0.05, 0.1) is 5.69 Å². The van der Waals surface area contributed by atoms with Crippen molar-refractivity contribution in [3.63, 3.8) is 0 Å². The number of hydrogen-bond acceptors (Lipinski definition) is 2. The summed E-state index contributed by atoms with van der Waals surface area (Å²) in [5.74, 6) is -3.20. The first-order valence-corrected chi connectivity index (χ1v) is 8.10. The zero-order valence-corrected chi connectivity index (χ0v) is 14.2. The van der Waals surface area contributed by atoms with Gasteiger partial charge in [-0.25, -0.2) is 8.78 Å². The van der Waals surface area contributed by atoms with Crippen LogP contribution in [0.15, 0.2) is 79.5 Å².